The third-order valence-corrected chi connectivity index (χ3v) is 3.61. The molecule has 3 rings (SSSR count). The fourth-order valence-corrected chi connectivity index (χ4v) is 2.57. The van der Waals surface area contributed by atoms with Gasteiger partial charge in [-0.3, -0.25) is 0 Å². The number of rotatable bonds is 3. The molecule has 21 heavy (non-hydrogen) atoms. The second-order valence-electron chi connectivity index (χ2n) is 5.09. The maximum atomic E-state index is 12.7. The van der Waals surface area contributed by atoms with E-state index < -0.39 is 11.7 Å². The van der Waals surface area contributed by atoms with Gasteiger partial charge in [0.05, 0.1) is 11.6 Å². The molecule has 5 nitrogen and oxygen atoms in total. The average molecular weight is 297 g/mol. The molecule has 112 valence electrons. The van der Waals surface area contributed by atoms with Crippen molar-refractivity contribution in [2.75, 3.05) is 5.32 Å². The van der Waals surface area contributed by atoms with Crippen LogP contribution in [0.1, 0.15) is 37.3 Å². The van der Waals surface area contributed by atoms with E-state index >= 15 is 0 Å². The van der Waals surface area contributed by atoms with E-state index in [1.165, 1.54) is 6.07 Å². The summed E-state index contributed by atoms with van der Waals surface area (Å²) in [6.07, 6.45) is -0.152. The summed E-state index contributed by atoms with van der Waals surface area (Å²) in [7, 11) is 0. The quantitative estimate of drug-likeness (QED) is 0.941. The van der Waals surface area contributed by atoms with Crippen LogP contribution in [0.2, 0.25) is 0 Å². The molecule has 0 unspecified atom stereocenters. The van der Waals surface area contributed by atoms with Crippen molar-refractivity contribution < 1.29 is 13.2 Å². The van der Waals surface area contributed by atoms with Crippen molar-refractivity contribution >= 4 is 11.6 Å². The first kappa shape index (κ1) is 13.8. The third-order valence-electron chi connectivity index (χ3n) is 3.61. The molecule has 1 aromatic heterocycles. The summed E-state index contributed by atoms with van der Waals surface area (Å²) >= 11 is 0. The Kier molecular flexibility index (Phi) is 3.52. The van der Waals surface area contributed by atoms with E-state index in [2.05, 4.69) is 20.8 Å². The monoisotopic (exact) mass is 297 g/mol. The number of benzene rings is 1. The lowest BCUT2D eigenvalue weighted by molar-refractivity contribution is -0.137. The van der Waals surface area contributed by atoms with Gasteiger partial charge < -0.3 is 5.32 Å². The zero-order valence-electron chi connectivity index (χ0n) is 11.1. The van der Waals surface area contributed by atoms with Crippen molar-refractivity contribution in [3.8, 4) is 0 Å². The van der Waals surface area contributed by atoms with Crippen LogP contribution in [0.25, 0.3) is 0 Å². The first-order valence-corrected chi connectivity index (χ1v) is 6.76. The van der Waals surface area contributed by atoms with Crippen LogP contribution in [-0.4, -0.2) is 20.2 Å². The van der Waals surface area contributed by atoms with Crippen LogP contribution < -0.4 is 5.32 Å². The number of halogens is 3. The molecule has 0 atom stereocenters. The number of anilines is 2. The summed E-state index contributed by atoms with van der Waals surface area (Å²) in [6, 6.07) is 5.21. The minimum Gasteiger partial charge on any atom is -0.323 e. The number of nitrogens with one attached hydrogen (secondary N) is 1. The highest BCUT2D eigenvalue weighted by molar-refractivity contribution is 5.54. The molecule has 1 saturated carbocycles. The fraction of sp³-hybridized carbons (Fsp3) is 0.462. The van der Waals surface area contributed by atoms with Crippen LogP contribution >= 0.6 is 0 Å². The largest absolute Gasteiger partial charge is 0.416 e. The Balaban J connectivity index is 1.83. The molecule has 0 amide bonds. The summed E-state index contributed by atoms with van der Waals surface area (Å²) < 4.78 is 39.8. The molecule has 0 saturated heterocycles. The summed E-state index contributed by atoms with van der Waals surface area (Å²) in [6.45, 7) is 0. The zero-order chi connectivity index (χ0) is 14.9. The Morgan fingerprint density at radius 3 is 2.67 bits per heavy atom. The summed E-state index contributed by atoms with van der Waals surface area (Å²) in [4.78, 5) is 0. The molecule has 1 heterocycles. The third kappa shape index (κ3) is 2.98. The maximum Gasteiger partial charge on any atom is 0.416 e. The number of nitrogens with zero attached hydrogens (tertiary/aromatic N) is 4. The number of hydrogen-bond donors (Lipinski definition) is 1. The van der Waals surface area contributed by atoms with Gasteiger partial charge in [0.15, 0.2) is 0 Å². The number of aromatic nitrogens is 4. The Hall–Kier alpha value is -2.12. The van der Waals surface area contributed by atoms with Crippen molar-refractivity contribution in [1.29, 1.82) is 0 Å². The lowest BCUT2D eigenvalue weighted by Gasteiger charge is -2.13. The number of tetrazole rings is 1. The van der Waals surface area contributed by atoms with Crippen molar-refractivity contribution in [2.45, 2.75) is 37.9 Å². The van der Waals surface area contributed by atoms with Gasteiger partial charge in [0.25, 0.3) is 0 Å². The molecule has 2 aromatic rings. The molecule has 1 N–H and O–H groups in total. The van der Waals surface area contributed by atoms with Gasteiger partial charge >= 0.3 is 6.18 Å². The molecule has 0 radical (unpaired) electrons. The standard InChI is InChI=1S/C13H14F3N5/c14-13(15,16)9-4-3-5-10(8-9)17-12-18-19-20-21(12)11-6-1-2-7-11/h3-5,8,11H,1-2,6-7H2,(H,17,18,20). The average Bonchev–Trinajstić information content (AvgIpc) is 3.08. The molecule has 1 aliphatic rings. The highest BCUT2D eigenvalue weighted by Gasteiger charge is 2.30. The Morgan fingerprint density at radius 1 is 1.19 bits per heavy atom. The molecular formula is C13H14F3N5. The van der Waals surface area contributed by atoms with Crippen molar-refractivity contribution in [1.82, 2.24) is 20.2 Å². The van der Waals surface area contributed by atoms with Crippen LogP contribution in [0.15, 0.2) is 24.3 Å². The minimum absolute atomic E-state index is 0.216. The maximum absolute atomic E-state index is 12.7. The van der Waals surface area contributed by atoms with Gasteiger partial charge in [0.1, 0.15) is 0 Å². The van der Waals surface area contributed by atoms with Crippen molar-refractivity contribution in [3.05, 3.63) is 29.8 Å². The van der Waals surface area contributed by atoms with E-state index in [4.69, 9.17) is 0 Å². The number of hydrogen-bond acceptors (Lipinski definition) is 4. The van der Waals surface area contributed by atoms with Crippen molar-refractivity contribution in [2.24, 2.45) is 0 Å². The van der Waals surface area contributed by atoms with Crippen LogP contribution in [0.3, 0.4) is 0 Å². The van der Waals surface area contributed by atoms with Gasteiger partial charge in [-0.2, -0.15) is 13.2 Å². The van der Waals surface area contributed by atoms with Gasteiger partial charge in [-0.25, -0.2) is 4.68 Å². The topological polar surface area (TPSA) is 55.6 Å². The second kappa shape index (κ2) is 5.34. The lowest BCUT2D eigenvalue weighted by Crippen LogP contribution is -2.11. The van der Waals surface area contributed by atoms with E-state index in [1.807, 2.05) is 0 Å². The smallest absolute Gasteiger partial charge is 0.323 e. The van der Waals surface area contributed by atoms with E-state index in [1.54, 1.807) is 10.7 Å². The van der Waals surface area contributed by atoms with Crippen LogP contribution in [-0.2, 0) is 6.18 Å². The molecule has 1 aliphatic carbocycles. The zero-order valence-corrected chi connectivity index (χ0v) is 11.1. The Morgan fingerprint density at radius 2 is 1.95 bits per heavy atom. The summed E-state index contributed by atoms with van der Waals surface area (Å²) in [5, 5.41) is 14.3. The van der Waals surface area contributed by atoms with E-state index in [9.17, 15) is 13.2 Å². The molecule has 0 bridgehead atoms. The summed E-state index contributed by atoms with van der Waals surface area (Å²) in [5.74, 6) is 0.376. The first-order chi connectivity index (χ1) is 10.0. The number of alkyl halides is 3. The van der Waals surface area contributed by atoms with Gasteiger partial charge in [-0.1, -0.05) is 24.0 Å². The molecular weight excluding hydrogens is 283 g/mol. The first-order valence-electron chi connectivity index (χ1n) is 6.76. The minimum atomic E-state index is -4.37. The van der Waals surface area contributed by atoms with E-state index in [-0.39, 0.29) is 6.04 Å². The van der Waals surface area contributed by atoms with Crippen molar-refractivity contribution in [3.63, 3.8) is 0 Å². The van der Waals surface area contributed by atoms with Gasteiger partial charge in [0, 0.05) is 5.69 Å². The van der Waals surface area contributed by atoms with E-state index in [0.717, 1.165) is 37.8 Å². The van der Waals surface area contributed by atoms with Crippen LogP contribution in [0, 0.1) is 0 Å². The van der Waals surface area contributed by atoms with Crippen LogP contribution in [0.4, 0.5) is 24.8 Å². The van der Waals surface area contributed by atoms with E-state index in [0.29, 0.717) is 11.6 Å². The highest BCUT2D eigenvalue weighted by Crippen LogP contribution is 2.33. The molecule has 8 heteroatoms. The molecule has 0 aliphatic heterocycles. The second-order valence-corrected chi connectivity index (χ2v) is 5.09. The Labute approximate surface area is 119 Å². The van der Waals surface area contributed by atoms with Gasteiger partial charge in [-0.05, 0) is 41.5 Å². The predicted octanol–water partition coefficient (Wildman–Crippen LogP) is 3.55. The Bertz CT molecular complexity index is 616. The lowest BCUT2D eigenvalue weighted by atomic mass is 10.2. The molecule has 1 fully saturated rings. The summed E-state index contributed by atoms with van der Waals surface area (Å²) in [5.41, 5.74) is -0.383. The highest BCUT2D eigenvalue weighted by atomic mass is 19.4. The molecule has 0 spiro atoms. The SMILES string of the molecule is FC(F)(F)c1cccc(Nc2nnnn2C2CCCC2)c1. The van der Waals surface area contributed by atoms with Gasteiger partial charge in [0.2, 0.25) is 5.95 Å². The molecule has 1 aromatic carbocycles. The predicted molar refractivity (Wildman–Crippen MR) is 70.0 cm³/mol. The fourth-order valence-electron chi connectivity index (χ4n) is 2.57. The van der Waals surface area contributed by atoms with Gasteiger partial charge in [-0.15, -0.1) is 0 Å². The van der Waals surface area contributed by atoms with Crippen LogP contribution in [0.5, 0.6) is 0 Å². The normalized spacial score (nSPS) is 16.3.